The van der Waals surface area contributed by atoms with Gasteiger partial charge < -0.3 is 9.84 Å². The Morgan fingerprint density at radius 2 is 2.05 bits per heavy atom. The number of nitrogens with zero attached hydrogens (tertiary/aromatic N) is 1. The average Bonchev–Trinajstić information content (AvgIpc) is 2.86. The third-order valence-electron chi connectivity index (χ3n) is 3.54. The first-order chi connectivity index (χ1) is 9.45. The number of benzene rings is 1. The predicted molar refractivity (Wildman–Crippen MR) is 71.8 cm³/mol. The Labute approximate surface area is 118 Å². The highest BCUT2D eigenvalue weighted by Gasteiger charge is 2.53. The zero-order valence-electron chi connectivity index (χ0n) is 11.2. The molecule has 1 aromatic carbocycles. The van der Waals surface area contributed by atoms with Crippen LogP contribution in [0.3, 0.4) is 0 Å². The van der Waals surface area contributed by atoms with E-state index in [1.54, 1.807) is 18.2 Å². The Hall–Kier alpha value is -1.44. The maximum Gasteiger partial charge on any atom is 0.327 e. The fourth-order valence-electron chi connectivity index (χ4n) is 2.58. The number of aliphatic carboxylic acids is 1. The van der Waals surface area contributed by atoms with Crippen molar-refractivity contribution >= 4 is 16.0 Å². The van der Waals surface area contributed by atoms with Gasteiger partial charge in [0.1, 0.15) is 0 Å². The monoisotopic (exact) mass is 299 g/mol. The molecule has 1 aromatic rings. The average molecular weight is 299 g/mol. The lowest BCUT2D eigenvalue weighted by molar-refractivity contribution is -0.150. The number of rotatable bonds is 5. The largest absolute Gasteiger partial charge is 0.480 e. The first-order valence-corrected chi connectivity index (χ1v) is 7.69. The van der Waals surface area contributed by atoms with Crippen molar-refractivity contribution in [3.05, 3.63) is 30.3 Å². The molecule has 2 rings (SSSR count). The molecule has 1 unspecified atom stereocenters. The topological polar surface area (TPSA) is 83.9 Å². The molecule has 0 bridgehead atoms. The van der Waals surface area contributed by atoms with Crippen molar-refractivity contribution in [2.75, 3.05) is 20.3 Å². The molecule has 6 nitrogen and oxygen atoms in total. The van der Waals surface area contributed by atoms with Crippen LogP contribution < -0.4 is 0 Å². The van der Waals surface area contributed by atoms with Crippen molar-refractivity contribution in [1.29, 1.82) is 0 Å². The van der Waals surface area contributed by atoms with E-state index in [0.29, 0.717) is 6.42 Å². The summed E-state index contributed by atoms with van der Waals surface area (Å²) in [6.07, 6.45) is 0.754. The molecule has 0 aromatic heterocycles. The van der Waals surface area contributed by atoms with Crippen LogP contribution in [-0.4, -0.2) is 49.6 Å². The molecule has 1 N–H and O–H groups in total. The minimum atomic E-state index is -3.84. The molecule has 1 aliphatic rings. The minimum absolute atomic E-state index is 0.101. The van der Waals surface area contributed by atoms with E-state index in [1.807, 2.05) is 0 Å². The number of sulfonamides is 1. The van der Waals surface area contributed by atoms with Crippen LogP contribution in [0.15, 0.2) is 35.2 Å². The van der Waals surface area contributed by atoms with Crippen molar-refractivity contribution in [2.45, 2.75) is 23.3 Å². The van der Waals surface area contributed by atoms with Crippen LogP contribution in [0.4, 0.5) is 0 Å². The second-order valence-corrected chi connectivity index (χ2v) is 6.63. The Kier molecular flexibility index (Phi) is 4.12. The van der Waals surface area contributed by atoms with Gasteiger partial charge in [0.15, 0.2) is 5.54 Å². The van der Waals surface area contributed by atoms with Crippen LogP contribution in [0, 0.1) is 0 Å². The van der Waals surface area contributed by atoms with Gasteiger partial charge in [0.25, 0.3) is 0 Å². The summed E-state index contributed by atoms with van der Waals surface area (Å²) in [5.74, 6) is -1.17. The van der Waals surface area contributed by atoms with E-state index < -0.39 is 21.5 Å². The van der Waals surface area contributed by atoms with E-state index in [0.717, 1.165) is 4.31 Å². The SMILES string of the molecule is COCC1(C(=O)O)CCCN1S(=O)(=O)c1ccccc1. The number of carboxylic acids is 1. The fourth-order valence-corrected chi connectivity index (χ4v) is 4.39. The molecular weight excluding hydrogens is 282 g/mol. The Balaban J connectivity index is 2.47. The molecule has 0 spiro atoms. The highest BCUT2D eigenvalue weighted by molar-refractivity contribution is 7.89. The van der Waals surface area contributed by atoms with Crippen LogP contribution in [0.2, 0.25) is 0 Å². The van der Waals surface area contributed by atoms with E-state index >= 15 is 0 Å². The Morgan fingerprint density at radius 3 is 2.60 bits per heavy atom. The first-order valence-electron chi connectivity index (χ1n) is 6.25. The Morgan fingerprint density at radius 1 is 1.40 bits per heavy atom. The zero-order chi connectivity index (χ0) is 14.8. The van der Waals surface area contributed by atoms with Crippen LogP contribution in [-0.2, 0) is 19.6 Å². The summed E-state index contributed by atoms with van der Waals surface area (Å²) in [5, 5.41) is 9.49. The van der Waals surface area contributed by atoms with E-state index in [1.165, 1.54) is 19.2 Å². The number of hydrogen-bond acceptors (Lipinski definition) is 4. The van der Waals surface area contributed by atoms with Gasteiger partial charge >= 0.3 is 5.97 Å². The molecule has 1 saturated heterocycles. The standard InChI is InChI=1S/C13H17NO5S/c1-19-10-13(12(15)16)8-5-9-14(13)20(17,18)11-6-3-2-4-7-11/h2-4,6-7H,5,8-10H2,1H3,(H,15,16). The van der Waals surface area contributed by atoms with E-state index in [2.05, 4.69) is 0 Å². The lowest BCUT2D eigenvalue weighted by Gasteiger charge is -2.33. The lowest BCUT2D eigenvalue weighted by atomic mass is 9.99. The van der Waals surface area contributed by atoms with Gasteiger partial charge in [0.05, 0.1) is 11.5 Å². The van der Waals surface area contributed by atoms with Crippen molar-refractivity contribution < 1.29 is 23.1 Å². The van der Waals surface area contributed by atoms with Gasteiger partial charge in [0.2, 0.25) is 10.0 Å². The van der Waals surface area contributed by atoms with Gasteiger partial charge in [-0.1, -0.05) is 18.2 Å². The number of carbonyl (C=O) groups is 1. The molecule has 1 atom stereocenters. The molecule has 7 heteroatoms. The van der Waals surface area contributed by atoms with E-state index in [4.69, 9.17) is 4.74 Å². The molecular formula is C13H17NO5S. The third kappa shape index (κ3) is 2.32. The van der Waals surface area contributed by atoms with Crippen LogP contribution in [0.5, 0.6) is 0 Å². The van der Waals surface area contributed by atoms with Gasteiger partial charge in [-0.3, -0.25) is 4.79 Å². The molecule has 20 heavy (non-hydrogen) atoms. The number of carboxylic acid groups (broad SMARTS) is 1. The predicted octanol–water partition coefficient (Wildman–Crippen LogP) is 0.941. The van der Waals surface area contributed by atoms with Crippen LogP contribution in [0.25, 0.3) is 0 Å². The maximum atomic E-state index is 12.6. The van der Waals surface area contributed by atoms with Gasteiger partial charge in [-0.05, 0) is 25.0 Å². The van der Waals surface area contributed by atoms with Crippen molar-refractivity contribution in [2.24, 2.45) is 0 Å². The van der Waals surface area contributed by atoms with Gasteiger partial charge in [-0.2, -0.15) is 4.31 Å². The van der Waals surface area contributed by atoms with E-state index in [-0.39, 0.29) is 24.5 Å². The molecule has 0 saturated carbocycles. The number of methoxy groups -OCH3 is 1. The van der Waals surface area contributed by atoms with Gasteiger partial charge in [0, 0.05) is 13.7 Å². The van der Waals surface area contributed by atoms with Crippen LogP contribution >= 0.6 is 0 Å². The minimum Gasteiger partial charge on any atom is -0.480 e. The van der Waals surface area contributed by atoms with Crippen LogP contribution in [0.1, 0.15) is 12.8 Å². The summed E-state index contributed by atoms with van der Waals surface area (Å²) in [6.45, 7) is 0.0291. The molecule has 1 heterocycles. The summed E-state index contributed by atoms with van der Waals surface area (Å²) in [4.78, 5) is 11.7. The fraction of sp³-hybridized carbons (Fsp3) is 0.462. The highest BCUT2D eigenvalue weighted by atomic mass is 32.2. The smallest absolute Gasteiger partial charge is 0.327 e. The molecule has 0 aliphatic carbocycles. The zero-order valence-corrected chi connectivity index (χ0v) is 12.0. The third-order valence-corrected chi connectivity index (χ3v) is 5.52. The molecule has 1 aliphatic heterocycles. The number of ether oxygens (including phenoxy) is 1. The summed E-state index contributed by atoms with van der Waals surface area (Å²) < 4.78 is 31.3. The summed E-state index contributed by atoms with van der Waals surface area (Å²) in [7, 11) is -2.47. The Bertz CT molecular complexity index is 586. The highest BCUT2D eigenvalue weighted by Crippen LogP contribution is 2.35. The van der Waals surface area contributed by atoms with Gasteiger partial charge in [-0.25, -0.2) is 8.42 Å². The summed E-state index contributed by atoms with van der Waals surface area (Å²) >= 11 is 0. The lowest BCUT2D eigenvalue weighted by Crippen LogP contribution is -2.55. The molecule has 0 amide bonds. The molecule has 0 radical (unpaired) electrons. The second kappa shape index (κ2) is 5.51. The second-order valence-electron chi connectivity index (χ2n) is 4.76. The first kappa shape index (κ1) is 15.0. The number of hydrogen-bond donors (Lipinski definition) is 1. The molecule has 110 valence electrons. The molecule has 1 fully saturated rings. The van der Waals surface area contributed by atoms with Crippen molar-refractivity contribution in [1.82, 2.24) is 4.31 Å². The normalized spacial score (nSPS) is 23.9. The van der Waals surface area contributed by atoms with Gasteiger partial charge in [-0.15, -0.1) is 0 Å². The van der Waals surface area contributed by atoms with E-state index in [9.17, 15) is 18.3 Å². The van der Waals surface area contributed by atoms with Crippen molar-refractivity contribution in [3.8, 4) is 0 Å². The maximum absolute atomic E-state index is 12.6. The summed E-state index contributed by atoms with van der Waals surface area (Å²) in [5.41, 5.74) is -1.51. The summed E-state index contributed by atoms with van der Waals surface area (Å²) in [6, 6.07) is 7.87. The van der Waals surface area contributed by atoms with Crippen molar-refractivity contribution in [3.63, 3.8) is 0 Å². The quantitative estimate of drug-likeness (QED) is 0.875.